The number of imidazole rings is 1. The third kappa shape index (κ3) is 5.52. The first kappa shape index (κ1) is 25.9. The minimum Gasteiger partial charge on any atom is -0.322 e. The molecule has 1 saturated heterocycles. The zero-order valence-electron chi connectivity index (χ0n) is 23.0. The molecule has 5 aromatic rings. The molecule has 1 aliphatic heterocycles. The predicted octanol–water partition coefficient (Wildman–Crippen LogP) is 5.63. The van der Waals surface area contributed by atoms with Gasteiger partial charge in [0.15, 0.2) is 5.65 Å². The van der Waals surface area contributed by atoms with Crippen molar-refractivity contribution >= 4 is 17.2 Å². The number of benzene rings is 3. The first-order chi connectivity index (χ1) is 19.6. The molecule has 0 saturated carbocycles. The quantitative estimate of drug-likeness (QED) is 0.296. The van der Waals surface area contributed by atoms with Crippen molar-refractivity contribution in [1.29, 1.82) is 0 Å². The fourth-order valence-electron chi connectivity index (χ4n) is 5.41. The molecule has 1 N–H and O–H groups in total. The Balaban J connectivity index is 1.24. The maximum Gasteiger partial charge on any atom is 0.255 e. The number of hydrogen-bond acceptors (Lipinski definition) is 5. The molecule has 0 radical (unpaired) electrons. The van der Waals surface area contributed by atoms with Crippen LogP contribution in [0.15, 0.2) is 91.5 Å². The van der Waals surface area contributed by atoms with Crippen LogP contribution in [0.2, 0.25) is 0 Å². The molecule has 0 aliphatic carbocycles. The standard InChI is InChI=1S/C33H34N6O/c1-3-25-10-11-28(33(40)36-29-9-4-6-24(18-29)23-38-16-14-37(2)15-17-38)20-30(25)26-7-5-8-27(19-26)31-21-35-32-22-34-12-13-39(31)32/h4-13,18-22H,3,14-17,23H2,1-2H3,(H,36,40). The number of fused-ring (bicyclic) bond motifs is 1. The second kappa shape index (κ2) is 11.4. The maximum absolute atomic E-state index is 13.4. The Morgan fingerprint density at radius 1 is 0.925 bits per heavy atom. The summed E-state index contributed by atoms with van der Waals surface area (Å²) in [6, 6.07) is 22.6. The largest absolute Gasteiger partial charge is 0.322 e. The molecule has 6 rings (SSSR count). The van der Waals surface area contributed by atoms with Crippen LogP contribution in [0.5, 0.6) is 0 Å². The summed E-state index contributed by atoms with van der Waals surface area (Å²) in [5.41, 5.74) is 8.88. The number of carbonyl (C=O) groups excluding carboxylic acids is 1. The van der Waals surface area contributed by atoms with Crippen LogP contribution in [0.3, 0.4) is 0 Å². The number of piperazine rings is 1. The average Bonchev–Trinajstić information content (AvgIpc) is 3.43. The van der Waals surface area contributed by atoms with E-state index in [0.29, 0.717) is 5.56 Å². The molecule has 40 heavy (non-hydrogen) atoms. The van der Waals surface area contributed by atoms with E-state index in [1.807, 2.05) is 41.1 Å². The van der Waals surface area contributed by atoms with E-state index >= 15 is 0 Å². The minimum absolute atomic E-state index is 0.105. The maximum atomic E-state index is 13.4. The van der Waals surface area contributed by atoms with Crippen molar-refractivity contribution in [2.75, 3.05) is 38.5 Å². The van der Waals surface area contributed by atoms with Crippen LogP contribution in [0.1, 0.15) is 28.4 Å². The predicted molar refractivity (Wildman–Crippen MR) is 160 cm³/mol. The van der Waals surface area contributed by atoms with Gasteiger partial charge >= 0.3 is 0 Å². The monoisotopic (exact) mass is 530 g/mol. The van der Waals surface area contributed by atoms with Crippen molar-refractivity contribution < 1.29 is 4.79 Å². The van der Waals surface area contributed by atoms with E-state index in [2.05, 4.69) is 81.5 Å². The van der Waals surface area contributed by atoms with E-state index in [-0.39, 0.29) is 5.91 Å². The van der Waals surface area contributed by atoms with Crippen LogP contribution in [0.4, 0.5) is 5.69 Å². The van der Waals surface area contributed by atoms with Crippen LogP contribution in [0, 0.1) is 0 Å². The van der Waals surface area contributed by atoms with Crippen molar-refractivity contribution in [2.24, 2.45) is 0 Å². The number of aryl methyl sites for hydroxylation is 1. The lowest BCUT2D eigenvalue weighted by atomic mass is 9.94. The summed E-state index contributed by atoms with van der Waals surface area (Å²) in [4.78, 5) is 26.9. The van der Waals surface area contributed by atoms with E-state index in [1.165, 1.54) is 11.1 Å². The molecule has 3 aromatic carbocycles. The van der Waals surface area contributed by atoms with Crippen LogP contribution in [0.25, 0.3) is 28.0 Å². The Hall–Kier alpha value is -4.33. The Kier molecular flexibility index (Phi) is 7.40. The van der Waals surface area contributed by atoms with Gasteiger partial charge in [-0.05, 0) is 66.1 Å². The van der Waals surface area contributed by atoms with Gasteiger partial charge in [0.2, 0.25) is 0 Å². The summed E-state index contributed by atoms with van der Waals surface area (Å²) in [6.45, 7) is 7.35. The number of amides is 1. The van der Waals surface area contributed by atoms with Gasteiger partial charge in [0.05, 0.1) is 18.1 Å². The highest BCUT2D eigenvalue weighted by Crippen LogP contribution is 2.30. The molecule has 1 amide bonds. The second-order valence-corrected chi connectivity index (χ2v) is 10.5. The van der Waals surface area contributed by atoms with E-state index in [0.717, 1.165) is 72.9 Å². The summed E-state index contributed by atoms with van der Waals surface area (Å²) < 4.78 is 2.04. The van der Waals surface area contributed by atoms with Crippen molar-refractivity contribution in [3.05, 3.63) is 108 Å². The molecule has 7 nitrogen and oxygen atoms in total. The van der Waals surface area contributed by atoms with Crippen LogP contribution >= 0.6 is 0 Å². The highest BCUT2D eigenvalue weighted by Gasteiger charge is 2.16. The fourth-order valence-corrected chi connectivity index (χ4v) is 5.41. The van der Waals surface area contributed by atoms with Gasteiger partial charge in [-0.3, -0.25) is 19.1 Å². The molecular weight excluding hydrogens is 496 g/mol. The van der Waals surface area contributed by atoms with E-state index in [4.69, 9.17) is 0 Å². The number of likely N-dealkylation sites (N-methyl/N-ethyl adjacent to an activating group) is 1. The van der Waals surface area contributed by atoms with Gasteiger partial charge in [0, 0.05) is 61.9 Å². The Bertz CT molecular complexity index is 1650. The first-order valence-electron chi connectivity index (χ1n) is 13.9. The third-order valence-electron chi connectivity index (χ3n) is 7.73. The normalized spacial score (nSPS) is 14.4. The zero-order chi connectivity index (χ0) is 27.5. The van der Waals surface area contributed by atoms with Gasteiger partial charge in [0.1, 0.15) is 0 Å². The number of nitrogens with one attached hydrogen (secondary N) is 1. The topological polar surface area (TPSA) is 65.8 Å². The average molecular weight is 531 g/mol. The number of rotatable bonds is 7. The SMILES string of the molecule is CCc1ccc(C(=O)Nc2cccc(CN3CCN(C)CC3)c2)cc1-c1cccc(-c2cnc3cnccn23)c1. The van der Waals surface area contributed by atoms with Crippen LogP contribution in [-0.2, 0) is 13.0 Å². The smallest absolute Gasteiger partial charge is 0.255 e. The highest BCUT2D eigenvalue weighted by molar-refractivity contribution is 6.05. The lowest BCUT2D eigenvalue weighted by Gasteiger charge is -2.32. The van der Waals surface area contributed by atoms with Crippen molar-refractivity contribution in [3.63, 3.8) is 0 Å². The third-order valence-corrected chi connectivity index (χ3v) is 7.73. The van der Waals surface area contributed by atoms with Gasteiger partial charge in [0.25, 0.3) is 5.91 Å². The molecule has 0 unspecified atom stereocenters. The van der Waals surface area contributed by atoms with Crippen molar-refractivity contribution in [1.82, 2.24) is 24.2 Å². The van der Waals surface area contributed by atoms with Gasteiger partial charge in [-0.15, -0.1) is 0 Å². The fraction of sp³-hybridized carbons (Fsp3) is 0.242. The molecule has 1 fully saturated rings. The molecule has 0 bridgehead atoms. The summed E-state index contributed by atoms with van der Waals surface area (Å²) in [7, 11) is 2.17. The van der Waals surface area contributed by atoms with Gasteiger partial charge in [-0.2, -0.15) is 0 Å². The van der Waals surface area contributed by atoms with Crippen molar-refractivity contribution in [3.8, 4) is 22.4 Å². The number of hydrogen-bond donors (Lipinski definition) is 1. The molecule has 0 atom stereocenters. The number of anilines is 1. The van der Waals surface area contributed by atoms with E-state index in [9.17, 15) is 4.79 Å². The Morgan fingerprint density at radius 2 is 1.75 bits per heavy atom. The summed E-state index contributed by atoms with van der Waals surface area (Å²) >= 11 is 0. The molecule has 1 aliphatic rings. The zero-order valence-corrected chi connectivity index (χ0v) is 23.0. The number of carbonyl (C=O) groups is 1. The molecule has 3 heterocycles. The van der Waals surface area contributed by atoms with Gasteiger partial charge in [-0.1, -0.05) is 43.3 Å². The minimum atomic E-state index is -0.105. The Morgan fingerprint density at radius 3 is 2.60 bits per heavy atom. The molecule has 202 valence electrons. The molecule has 7 heteroatoms. The molecular formula is C33H34N6O. The van der Waals surface area contributed by atoms with Gasteiger partial charge in [-0.25, -0.2) is 4.98 Å². The molecule has 2 aromatic heterocycles. The lowest BCUT2D eigenvalue weighted by molar-refractivity contribution is 0.102. The summed E-state index contributed by atoms with van der Waals surface area (Å²) in [5, 5.41) is 3.13. The number of aromatic nitrogens is 3. The van der Waals surface area contributed by atoms with E-state index in [1.54, 1.807) is 12.4 Å². The van der Waals surface area contributed by atoms with Crippen LogP contribution < -0.4 is 5.32 Å². The van der Waals surface area contributed by atoms with Gasteiger partial charge < -0.3 is 10.2 Å². The van der Waals surface area contributed by atoms with Crippen molar-refractivity contribution in [2.45, 2.75) is 19.9 Å². The molecule has 0 spiro atoms. The van der Waals surface area contributed by atoms with E-state index < -0.39 is 0 Å². The summed E-state index contributed by atoms with van der Waals surface area (Å²) in [5.74, 6) is -0.105. The lowest BCUT2D eigenvalue weighted by Crippen LogP contribution is -2.43. The Labute approximate surface area is 235 Å². The second-order valence-electron chi connectivity index (χ2n) is 10.5. The number of nitrogens with zero attached hydrogens (tertiary/aromatic N) is 5. The highest BCUT2D eigenvalue weighted by atomic mass is 16.1. The first-order valence-corrected chi connectivity index (χ1v) is 13.9. The summed E-state index contributed by atoms with van der Waals surface area (Å²) in [6.07, 6.45) is 8.19. The van der Waals surface area contributed by atoms with Crippen LogP contribution in [-0.4, -0.2) is 63.3 Å².